The van der Waals surface area contributed by atoms with Gasteiger partial charge in [0.05, 0.1) is 0 Å². The molecule has 27 heavy (non-hydrogen) atoms. The van der Waals surface area contributed by atoms with Crippen LogP contribution in [0.1, 0.15) is 25.7 Å². The monoisotopic (exact) mass is 488 g/mol. The fraction of sp³-hybridized carbons (Fsp3) is 0.217. The molecule has 0 atom stereocenters. The fourth-order valence-electron chi connectivity index (χ4n) is 3.26. The first-order valence-corrected chi connectivity index (χ1v) is 14.6. The van der Waals surface area contributed by atoms with Gasteiger partial charge >= 0.3 is 60.7 Å². The number of hydrogen-bond acceptors (Lipinski definition) is 0. The molecule has 0 spiro atoms. The van der Waals surface area contributed by atoms with Gasteiger partial charge < -0.3 is 24.8 Å². The number of benzene rings is 2. The molecule has 0 aromatic heterocycles. The molecule has 0 radical (unpaired) electrons. The molecule has 0 amide bonds. The van der Waals surface area contributed by atoms with E-state index in [-0.39, 0.29) is 24.8 Å². The Balaban J connectivity index is 0.000000197. The van der Waals surface area contributed by atoms with E-state index in [2.05, 4.69) is 84.9 Å². The van der Waals surface area contributed by atoms with Crippen molar-refractivity contribution in [3.63, 3.8) is 0 Å². The zero-order chi connectivity index (χ0) is 17.3. The normalized spacial score (nSPS) is 12.8. The van der Waals surface area contributed by atoms with E-state index in [0.717, 1.165) is 6.16 Å². The van der Waals surface area contributed by atoms with Crippen LogP contribution in [0.3, 0.4) is 0 Å². The summed E-state index contributed by atoms with van der Waals surface area (Å²) in [6.07, 6.45) is 7.10. The standard InChI is InChI=1S/2C9H7.C5H10Si.2ClH.Zr/c2*1-2-5-9-7-3-6-8(9)4-1;6-5-3-1-2-4-5;;;/h2*1-7H;5-6H,1-4H2;2*1H;/q2*-1;;;;+2/p-2. The van der Waals surface area contributed by atoms with Gasteiger partial charge in [-0.2, -0.15) is 35.0 Å². The van der Waals surface area contributed by atoms with Crippen LogP contribution in [0.25, 0.3) is 21.5 Å². The maximum Gasteiger partial charge on any atom is -0.0809 e. The molecule has 1 fully saturated rings. The van der Waals surface area contributed by atoms with Crippen LogP contribution in [0.5, 0.6) is 0 Å². The Bertz CT molecular complexity index is 780. The van der Waals surface area contributed by atoms with Gasteiger partial charge in [-0.15, -0.1) is 59.3 Å². The molecular weight excluding hydrogens is 466 g/mol. The summed E-state index contributed by atoms with van der Waals surface area (Å²) in [7, 11) is 0. The SMILES string of the molecule is [Cl-].[Cl-].[Zr+2]=[SiH]C1CCCC1.c1ccc2[cH-]ccc2c1.c1ccc2[cH-]ccc2c1. The van der Waals surface area contributed by atoms with E-state index in [0.29, 0.717) is 0 Å². The van der Waals surface area contributed by atoms with E-state index in [1.807, 2.05) is 23.3 Å². The van der Waals surface area contributed by atoms with Crippen LogP contribution in [-0.4, -0.2) is 6.16 Å². The Kier molecular flexibility index (Phi) is 12.2. The Morgan fingerprint density at radius 3 is 1.52 bits per heavy atom. The van der Waals surface area contributed by atoms with Gasteiger partial charge in [-0.25, -0.2) is 0 Å². The molecule has 0 aliphatic heterocycles. The summed E-state index contributed by atoms with van der Waals surface area (Å²) in [4.78, 5) is 0. The predicted octanol–water partition coefficient (Wildman–Crippen LogP) is 0.373. The smallest absolute Gasteiger partial charge is 0.0809 e. The molecule has 0 unspecified atom stereocenters. The molecule has 0 saturated heterocycles. The van der Waals surface area contributed by atoms with E-state index in [9.17, 15) is 0 Å². The van der Waals surface area contributed by atoms with Crippen molar-refractivity contribution >= 4 is 27.7 Å². The van der Waals surface area contributed by atoms with Crippen molar-refractivity contribution in [2.24, 2.45) is 0 Å². The topological polar surface area (TPSA) is 0 Å². The summed E-state index contributed by atoms with van der Waals surface area (Å²) >= 11 is 1.82. The molecule has 1 aliphatic carbocycles. The molecular formula is C23H24Cl2SiZr-2. The van der Waals surface area contributed by atoms with Gasteiger partial charge in [0, 0.05) is 0 Å². The predicted molar refractivity (Wildman–Crippen MR) is 108 cm³/mol. The average molecular weight is 491 g/mol. The molecule has 0 heterocycles. The minimum Gasteiger partial charge on any atom is -0.168 e. The van der Waals surface area contributed by atoms with E-state index in [1.165, 1.54) is 39.9 Å². The first kappa shape index (κ1) is 24.4. The van der Waals surface area contributed by atoms with Gasteiger partial charge in [-0.3, -0.25) is 0 Å². The summed E-state index contributed by atoms with van der Waals surface area (Å²) in [6.45, 7) is 0. The molecule has 1 saturated carbocycles. The summed E-state index contributed by atoms with van der Waals surface area (Å²) in [5, 5.41) is 5.32. The van der Waals surface area contributed by atoms with Crippen molar-refractivity contribution < 1.29 is 48.1 Å². The first-order valence-electron chi connectivity index (χ1n) is 9.08. The summed E-state index contributed by atoms with van der Waals surface area (Å²) < 4.78 is 0. The Morgan fingerprint density at radius 1 is 0.704 bits per heavy atom. The van der Waals surface area contributed by atoms with Crippen molar-refractivity contribution in [2.75, 3.05) is 0 Å². The molecule has 0 bridgehead atoms. The summed E-state index contributed by atoms with van der Waals surface area (Å²) in [6, 6.07) is 29.3. The minimum atomic E-state index is 0. The quantitative estimate of drug-likeness (QED) is 0.267. The van der Waals surface area contributed by atoms with Crippen molar-refractivity contribution in [1.82, 2.24) is 0 Å². The van der Waals surface area contributed by atoms with E-state index in [4.69, 9.17) is 0 Å². The van der Waals surface area contributed by atoms with Gasteiger partial charge in [-0.05, 0) is 0 Å². The Labute approximate surface area is 190 Å². The number of halogens is 2. The third-order valence-corrected chi connectivity index (χ3v) is 9.34. The van der Waals surface area contributed by atoms with Crippen molar-refractivity contribution in [3.8, 4) is 0 Å². The van der Waals surface area contributed by atoms with Crippen LogP contribution in [0.2, 0.25) is 5.54 Å². The largest absolute Gasteiger partial charge is 0.168 e. The maximum absolute atomic E-state index is 2.12. The zero-order valence-corrected chi connectivity index (χ0v) is 20.4. The third kappa shape index (κ3) is 7.70. The number of rotatable bonds is 1. The number of hydrogen-bond donors (Lipinski definition) is 0. The second-order valence-corrected chi connectivity index (χ2v) is 10.3. The summed E-state index contributed by atoms with van der Waals surface area (Å²) in [5.74, 6) is 0. The van der Waals surface area contributed by atoms with Gasteiger partial charge in [0.1, 0.15) is 0 Å². The van der Waals surface area contributed by atoms with Crippen LogP contribution in [0.4, 0.5) is 0 Å². The number of fused-ring (bicyclic) bond motifs is 2. The van der Waals surface area contributed by atoms with Gasteiger partial charge in [0.15, 0.2) is 0 Å². The Hall–Kier alpha value is -0.660. The molecule has 4 aromatic carbocycles. The Morgan fingerprint density at radius 2 is 1.15 bits per heavy atom. The average Bonchev–Trinajstić information content (AvgIpc) is 3.43. The van der Waals surface area contributed by atoms with Crippen LogP contribution in [0, 0.1) is 0 Å². The molecule has 140 valence electrons. The molecule has 0 nitrogen and oxygen atoms in total. The van der Waals surface area contributed by atoms with E-state index in [1.54, 1.807) is 12.8 Å². The summed E-state index contributed by atoms with van der Waals surface area (Å²) in [5.41, 5.74) is 1.22. The fourth-order valence-corrected chi connectivity index (χ4v) is 6.53. The van der Waals surface area contributed by atoms with Crippen LogP contribution in [-0.2, 0) is 23.3 Å². The molecule has 1 aliphatic rings. The van der Waals surface area contributed by atoms with Gasteiger partial charge in [0.2, 0.25) is 0 Å². The molecule has 4 heteroatoms. The molecule has 5 rings (SSSR count). The van der Waals surface area contributed by atoms with E-state index >= 15 is 0 Å². The van der Waals surface area contributed by atoms with Crippen LogP contribution < -0.4 is 24.8 Å². The van der Waals surface area contributed by atoms with Crippen molar-refractivity contribution in [2.45, 2.75) is 31.2 Å². The van der Waals surface area contributed by atoms with E-state index < -0.39 is 0 Å². The van der Waals surface area contributed by atoms with Crippen LogP contribution >= 0.6 is 0 Å². The second-order valence-electron chi connectivity index (χ2n) is 6.52. The van der Waals surface area contributed by atoms with Crippen molar-refractivity contribution in [3.05, 3.63) is 84.9 Å². The van der Waals surface area contributed by atoms with Gasteiger partial charge in [0.25, 0.3) is 0 Å². The molecule has 0 N–H and O–H groups in total. The second kappa shape index (κ2) is 13.5. The minimum absolute atomic E-state index is 0. The van der Waals surface area contributed by atoms with Crippen molar-refractivity contribution in [1.29, 1.82) is 0 Å². The van der Waals surface area contributed by atoms with Gasteiger partial charge in [-0.1, -0.05) is 12.1 Å². The third-order valence-electron chi connectivity index (χ3n) is 4.73. The first-order chi connectivity index (χ1) is 12.4. The molecule has 4 aromatic rings. The zero-order valence-electron chi connectivity index (χ0n) is 15.3. The maximum atomic E-state index is 2.12. The van der Waals surface area contributed by atoms with Crippen LogP contribution in [0.15, 0.2) is 84.9 Å².